The Morgan fingerprint density at radius 2 is 1.84 bits per heavy atom. The first-order valence-electron chi connectivity index (χ1n) is 16.8. The molecule has 2 aliphatic rings. The van der Waals surface area contributed by atoms with Gasteiger partial charge >= 0.3 is 0 Å². The van der Waals surface area contributed by atoms with Gasteiger partial charge in [-0.15, -0.1) is 10.2 Å². The van der Waals surface area contributed by atoms with Crippen LogP contribution in [0.15, 0.2) is 43.1 Å². The zero-order chi connectivity index (χ0) is 34.2. The zero-order valence-corrected chi connectivity index (χ0v) is 29.4. The molecule has 49 heavy (non-hydrogen) atoms. The number of morpholine rings is 1. The average molecular weight is 715 g/mol. The van der Waals surface area contributed by atoms with Crippen molar-refractivity contribution in [2.75, 3.05) is 49.7 Å². The number of hydrogen-bond donors (Lipinski definition) is 1. The summed E-state index contributed by atoms with van der Waals surface area (Å²) in [6.07, 6.45) is 11.3. The van der Waals surface area contributed by atoms with E-state index in [1.165, 1.54) is 6.33 Å². The fourth-order valence-corrected chi connectivity index (χ4v) is 7.20. The van der Waals surface area contributed by atoms with Gasteiger partial charge in [0, 0.05) is 42.8 Å². The molecule has 1 aliphatic heterocycles. The zero-order valence-electron chi connectivity index (χ0n) is 27.8. The number of nitrogens with zero attached hydrogens (tertiary/aromatic N) is 9. The second kappa shape index (κ2) is 16.2. The van der Waals surface area contributed by atoms with Gasteiger partial charge in [-0.3, -0.25) is 9.58 Å². The molecule has 1 unspecified atom stereocenters. The summed E-state index contributed by atoms with van der Waals surface area (Å²) in [5, 5.41) is 19.8. The molecule has 1 atom stereocenters. The summed E-state index contributed by atoms with van der Waals surface area (Å²) in [5.74, 6) is 1.48. The fourth-order valence-electron chi connectivity index (χ4n) is 6.19. The van der Waals surface area contributed by atoms with E-state index in [1.54, 1.807) is 30.1 Å². The van der Waals surface area contributed by atoms with Crippen molar-refractivity contribution < 1.29 is 22.6 Å². The minimum atomic E-state index is -3.08. The van der Waals surface area contributed by atoms with Crippen molar-refractivity contribution in [3.05, 3.63) is 48.1 Å². The Kier molecular flexibility index (Phi) is 11.6. The first kappa shape index (κ1) is 35.0. The van der Waals surface area contributed by atoms with Crippen molar-refractivity contribution in [1.29, 1.82) is 0 Å². The molecule has 0 spiro atoms. The molecule has 17 heteroatoms. The summed E-state index contributed by atoms with van der Waals surface area (Å²) in [6.45, 7) is 7.84. The lowest BCUT2D eigenvalue weighted by atomic mass is 9.90. The van der Waals surface area contributed by atoms with E-state index in [9.17, 15) is 8.42 Å². The second-order valence-electron chi connectivity index (χ2n) is 12.4. The SMILES string of the molecule is CCS(=O)(=O)CCCOc1nn(C2CCC(N3CCOCC3)CC2)cc1Nc1ncc(-c2ccc(Cl)c(OC(C)Cn3cnnn3)c2)cn1. The summed E-state index contributed by atoms with van der Waals surface area (Å²) in [5.41, 5.74) is 2.24. The number of ether oxygens (including phenoxy) is 3. The Bertz CT molecular complexity index is 1740. The standard InChI is InChI=1S/C32H43ClN10O5S/c1-3-49(44,45)16-4-13-47-31-29(21-43(38-31)27-8-6-26(7-9-27)41-11-14-46-15-12-41)37-32-34-18-25(19-35-32)24-5-10-28(33)30(17-24)48-23(2)20-42-22-36-39-40-42/h5,10,17-19,21-23,26-27H,3-4,6-9,11-16,20H2,1-2H3,(H,34,35,37). The predicted molar refractivity (Wildman–Crippen MR) is 184 cm³/mol. The third kappa shape index (κ3) is 9.44. The highest BCUT2D eigenvalue weighted by molar-refractivity contribution is 7.91. The van der Waals surface area contributed by atoms with Gasteiger partial charge in [-0.05, 0) is 67.2 Å². The number of rotatable bonds is 15. The molecule has 3 aromatic heterocycles. The number of nitrogens with one attached hydrogen (secondary N) is 1. The second-order valence-corrected chi connectivity index (χ2v) is 15.3. The van der Waals surface area contributed by atoms with Crippen LogP contribution in [0, 0.1) is 0 Å². The van der Waals surface area contributed by atoms with Crippen LogP contribution in [-0.2, 0) is 21.1 Å². The van der Waals surface area contributed by atoms with E-state index in [4.69, 9.17) is 30.9 Å². The summed E-state index contributed by atoms with van der Waals surface area (Å²) < 4.78 is 45.2. The van der Waals surface area contributed by atoms with Crippen LogP contribution in [0.2, 0.25) is 5.02 Å². The average Bonchev–Trinajstić information content (AvgIpc) is 3.78. The molecule has 6 rings (SSSR count). The van der Waals surface area contributed by atoms with Crippen LogP contribution in [0.25, 0.3) is 11.1 Å². The van der Waals surface area contributed by atoms with Crippen molar-refractivity contribution in [2.45, 2.75) is 70.7 Å². The first-order valence-corrected chi connectivity index (χ1v) is 19.0. The van der Waals surface area contributed by atoms with Gasteiger partial charge < -0.3 is 19.5 Å². The lowest BCUT2D eigenvalue weighted by Gasteiger charge is -2.38. The minimum absolute atomic E-state index is 0.0682. The maximum Gasteiger partial charge on any atom is 0.256 e. The molecular formula is C32H43ClN10O5S. The number of aromatic nitrogens is 8. The van der Waals surface area contributed by atoms with Crippen LogP contribution in [0.4, 0.5) is 11.6 Å². The number of tetrazole rings is 1. The maximum absolute atomic E-state index is 12.0. The van der Waals surface area contributed by atoms with Gasteiger partial charge in [0.2, 0.25) is 5.95 Å². The molecule has 4 heterocycles. The molecule has 1 N–H and O–H groups in total. The molecule has 1 aliphatic carbocycles. The Hall–Kier alpha value is -3.86. The molecular weight excluding hydrogens is 672 g/mol. The van der Waals surface area contributed by atoms with Gasteiger partial charge in [0.15, 0.2) is 0 Å². The summed E-state index contributed by atoms with van der Waals surface area (Å²) in [4.78, 5) is 11.7. The summed E-state index contributed by atoms with van der Waals surface area (Å²) in [6, 6.07) is 6.32. The number of anilines is 2. The number of hydrogen-bond acceptors (Lipinski definition) is 13. The monoisotopic (exact) mass is 714 g/mol. The topological polar surface area (TPSA) is 164 Å². The van der Waals surface area contributed by atoms with Gasteiger partial charge in [0.25, 0.3) is 5.88 Å². The number of halogens is 1. The normalized spacial score (nSPS) is 19.4. The summed E-state index contributed by atoms with van der Waals surface area (Å²) in [7, 11) is -3.08. The van der Waals surface area contributed by atoms with Crippen LogP contribution < -0.4 is 14.8 Å². The molecule has 1 saturated heterocycles. The minimum Gasteiger partial charge on any atom is -0.487 e. The van der Waals surface area contributed by atoms with E-state index in [1.807, 2.05) is 29.9 Å². The third-order valence-corrected chi connectivity index (χ3v) is 11.0. The molecule has 0 bridgehead atoms. The molecule has 264 valence electrons. The molecule has 0 amide bonds. The van der Waals surface area contributed by atoms with Crippen molar-refractivity contribution in [3.63, 3.8) is 0 Å². The van der Waals surface area contributed by atoms with Gasteiger partial charge in [-0.25, -0.2) is 23.1 Å². The highest BCUT2D eigenvalue weighted by Crippen LogP contribution is 2.35. The van der Waals surface area contributed by atoms with E-state index in [-0.39, 0.29) is 30.3 Å². The van der Waals surface area contributed by atoms with Crippen LogP contribution in [0.3, 0.4) is 0 Å². The Labute approximate surface area is 291 Å². The van der Waals surface area contributed by atoms with Crippen molar-refractivity contribution in [3.8, 4) is 22.8 Å². The van der Waals surface area contributed by atoms with E-state index in [0.29, 0.717) is 47.3 Å². The summed E-state index contributed by atoms with van der Waals surface area (Å²) >= 11 is 6.45. The van der Waals surface area contributed by atoms with E-state index in [2.05, 4.69) is 35.7 Å². The molecule has 2 fully saturated rings. The molecule has 0 radical (unpaired) electrons. The molecule has 15 nitrogen and oxygen atoms in total. The van der Waals surface area contributed by atoms with Crippen LogP contribution in [-0.4, -0.2) is 110 Å². The first-order chi connectivity index (χ1) is 23.8. The molecule has 1 aromatic carbocycles. The van der Waals surface area contributed by atoms with Crippen molar-refractivity contribution >= 4 is 33.1 Å². The van der Waals surface area contributed by atoms with Crippen LogP contribution >= 0.6 is 11.6 Å². The third-order valence-electron chi connectivity index (χ3n) is 8.91. The Morgan fingerprint density at radius 3 is 2.55 bits per heavy atom. The van der Waals surface area contributed by atoms with Gasteiger partial charge in [0.1, 0.15) is 33.7 Å². The highest BCUT2D eigenvalue weighted by Gasteiger charge is 2.29. The van der Waals surface area contributed by atoms with E-state index in [0.717, 1.165) is 63.1 Å². The van der Waals surface area contributed by atoms with Gasteiger partial charge in [-0.2, -0.15) is 0 Å². The fraction of sp³-hybridized carbons (Fsp3) is 0.562. The van der Waals surface area contributed by atoms with Crippen LogP contribution in [0.5, 0.6) is 11.6 Å². The Balaban J connectivity index is 1.13. The van der Waals surface area contributed by atoms with Crippen LogP contribution in [0.1, 0.15) is 52.0 Å². The number of sulfone groups is 1. The Morgan fingerprint density at radius 1 is 1.08 bits per heavy atom. The van der Waals surface area contributed by atoms with Gasteiger partial charge in [-0.1, -0.05) is 24.6 Å². The van der Waals surface area contributed by atoms with Gasteiger partial charge in [0.05, 0.1) is 49.4 Å². The molecule has 4 aromatic rings. The lowest BCUT2D eigenvalue weighted by molar-refractivity contribution is 0.00503. The van der Waals surface area contributed by atoms with Crippen molar-refractivity contribution in [1.82, 2.24) is 44.9 Å². The predicted octanol–water partition coefficient (Wildman–Crippen LogP) is 4.21. The number of benzene rings is 1. The van der Waals surface area contributed by atoms with Crippen molar-refractivity contribution in [2.24, 2.45) is 0 Å². The largest absolute Gasteiger partial charge is 0.487 e. The lowest BCUT2D eigenvalue weighted by Crippen LogP contribution is -2.45. The van der Waals surface area contributed by atoms with E-state index < -0.39 is 9.84 Å². The maximum atomic E-state index is 12.0. The quantitative estimate of drug-likeness (QED) is 0.174. The smallest absolute Gasteiger partial charge is 0.256 e. The van der Waals surface area contributed by atoms with E-state index >= 15 is 0 Å². The molecule has 1 saturated carbocycles. The highest BCUT2D eigenvalue weighted by atomic mass is 35.5.